The van der Waals surface area contributed by atoms with Gasteiger partial charge in [0.1, 0.15) is 12.7 Å². The van der Waals surface area contributed by atoms with Gasteiger partial charge < -0.3 is 9.47 Å². The SMILES string of the molecule is C[C@]12CCC[C@@H]1[C@@H]1CC[C@H]3C[C@H](OC(=O)OCC(Cl)(Cl)Cl)CC[C@]3(C)[C@H]1CC2. The Morgan fingerprint density at radius 3 is 2.54 bits per heavy atom. The minimum atomic E-state index is -1.60. The Bertz CT molecular complexity index is 606. The van der Waals surface area contributed by atoms with Gasteiger partial charge in [0.2, 0.25) is 3.79 Å². The zero-order valence-corrected chi connectivity index (χ0v) is 19.3. The van der Waals surface area contributed by atoms with Gasteiger partial charge in [0, 0.05) is 0 Å². The normalized spacial score (nSPS) is 45.5. The van der Waals surface area contributed by atoms with E-state index in [-0.39, 0.29) is 12.7 Å². The lowest BCUT2D eigenvalue weighted by Crippen LogP contribution is -2.53. The highest BCUT2D eigenvalue weighted by atomic mass is 35.6. The van der Waals surface area contributed by atoms with Crippen molar-refractivity contribution in [2.75, 3.05) is 6.61 Å². The van der Waals surface area contributed by atoms with Crippen LogP contribution in [0.25, 0.3) is 0 Å². The Labute approximate surface area is 184 Å². The van der Waals surface area contributed by atoms with Crippen LogP contribution in [-0.2, 0) is 9.47 Å². The minimum Gasteiger partial charge on any atom is -0.431 e. The Morgan fingerprint density at radius 2 is 1.79 bits per heavy atom. The first-order chi connectivity index (χ1) is 13.1. The van der Waals surface area contributed by atoms with Crippen LogP contribution in [-0.4, -0.2) is 22.7 Å². The van der Waals surface area contributed by atoms with Crippen LogP contribution in [0.4, 0.5) is 4.79 Å². The maximum absolute atomic E-state index is 12.0. The van der Waals surface area contributed by atoms with Crippen LogP contribution in [0.2, 0.25) is 0 Å². The molecule has 4 rings (SSSR count). The number of rotatable bonds is 2. The second-order valence-corrected chi connectivity index (χ2v) is 12.9. The molecule has 0 heterocycles. The number of fused-ring (bicyclic) bond motifs is 5. The van der Waals surface area contributed by atoms with Crippen LogP contribution in [0.3, 0.4) is 0 Å². The number of hydrogen-bond acceptors (Lipinski definition) is 3. The van der Waals surface area contributed by atoms with Crippen molar-refractivity contribution in [3.8, 4) is 0 Å². The highest BCUT2D eigenvalue weighted by molar-refractivity contribution is 6.67. The molecule has 0 aliphatic heterocycles. The van der Waals surface area contributed by atoms with Crippen molar-refractivity contribution < 1.29 is 14.3 Å². The maximum atomic E-state index is 12.0. The molecule has 0 radical (unpaired) electrons. The zero-order chi connectivity index (χ0) is 20.2. The Balaban J connectivity index is 1.37. The van der Waals surface area contributed by atoms with Crippen LogP contribution in [0.1, 0.15) is 78.1 Å². The van der Waals surface area contributed by atoms with Gasteiger partial charge in [-0.05, 0) is 92.3 Å². The summed E-state index contributed by atoms with van der Waals surface area (Å²) in [6.45, 7) is 4.81. The van der Waals surface area contributed by atoms with Crippen molar-refractivity contribution in [3.63, 3.8) is 0 Å². The predicted molar refractivity (Wildman–Crippen MR) is 113 cm³/mol. The molecule has 0 aromatic heterocycles. The number of hydrogen-bond donors (Lipinski definition) is 0. The van der Waals surface area contributed by atoms with Gasteiger partial charge in [-0.2, -0.15) is 0 Å². The molecule has 0 amide bonds. The molecule has 4 fully saturated rings. The summed E-state index contributed by atoms with van der Waals surface area (Å²) in [5.41, 5.74) is 1.01. The quantitative estimate of drug-likeness (QED) is 0.326. The van der Waals surface area contributed by atoms with Crippen molar-refractivity contribution >= 4 is 41.0 Å². The van der Waals surface area contributed by atoms with Gasteiger partial charge in [0.25, 0.3) is 0 Å². The maximum Gasteiger partial charge on any atom is 0.508 e. The molecule has 0 saturated heterocycles. The topological polar surface area (TPSA) is 35.5 Å². The number of carbonyl (C=O) groups is 1. The third kappa shape index (κ3) is 4.02. The molecule has 3 nitrogen and oxygen atoms in total. The van der Waals surface area contributed by atoms with E-state index < -0.39 is 9.95 Å². The Hall–Kier alpha value is 0.140. The molecular weight excluding hydrogens is 419 g/mol. The van der Waals surface area contributed by atoms with Crippen molar-refractivity contribution in [2.45, 2.75) is 88.0 Å². The monoisotopic (exact) mass is 450 g/mol. The van der Waals surface area contributed by atoms with Gasteiger partial charge in [-0.15, -0.1) is 0 Å². The average Bonchev–Trinajstić information content (AvgIpc) is 3.01. The summed E-state index contributed by atoms with van der Waals surface area (Å²) in [5, 5.41) is 0. The fraction of sp³-hybridized carbons (Fsp3) is 0.955. The largest absolute Gasteiger partial charge is 0.508 e. The smallest absolute Gasteiger partial charge is 0.431 e. The van der Waals surface area contributed by atoms with Crippen molar-refractivity contribution in [1.82, 2.24) is 0 Å². The minimum absolute atomic E-state index is 0.0714. The van der Waals surface area contributed by atoms with E-state index in [0.717, 1.165) is 37.0 Å². The lowest BCUT2D eigenvalue weighted by molar-refractivity contribution is -0.124. The standard InChI is InChI=1S/C22H33Cl3O3/c1-20-9-3-4-17(20)16-6-5-14-12-15(28-19(26)27-13-22(23,24)25)7-11-21(14,2)18(16)8-10-20/h14-18H,3-13H2,1-2H3/t14-,15+,16-,17+,18-,20+,21-/m0/s1. The first-order valence-corrected chi connectivity index (χ1v) is 12.1. The second-order valence-electron chi connectivity index (χ2n) is 10.4. The predicted octanol–water partition coefficient (Wildman–Crippen LogP) is 7.31. The molecule has 0 bridgehead atoms. The second kappa shape index (κ2) is 7.68. The van der Waals surface area contributed by atoms with E-state index >= 15 is 0 Å². The fourth-order valence-electron chi connectivity index (χ4n) is 7.63. The molecule has 0 N–H and O–H groups in total. The van der Waals surface area contributed by atoms with Crippen molar-refractivity contribution in [1.29, 1.82) is 0 Å². The third-order valence-corrected chi connectivity index (χ3v) is 9.34. The molecule has 0 aromatic rings. The van der Waals surface area contributed by atoms with Crippen molar-refractivity contribution in [3.05, 3.63) is 0 Å². The summed E-state index contributed by atoms with van der Waals surface area (Å²) in [7, 11) is 0. The zero-order valence-electron chi connectivity index (χ0n) is 17.0. The molecule has 0 spiro atoms. The van der Waals surface area contributed by atoms with Gasteiger partial charge in [-0.3, -0.25) is 0 Å². The van der Waals surface area contributed by atoms with Gasteiger partial charge in [0.15, 0.2) is 0 Å². The summed E-state index contributed by atoms with van der Waals surface area (Å²) in [4.78, 5) is 12.0. The highest BCUT2D eigenvalue weighted by Gasteiger charge is 2.58. The van der Waals surface area contributed by atoms with Crippen LogP contribution < -0.4 is 0 Å². The number of carbonyl (C=O) groups excluding carboxylic acids is 1. The van der Waals surface area contributed by atoms with Crippen LogP contribution in [0, 0.1) is 34.5 Å². The molecule has 6 heteroatoms. The summed E-state index contributed by atoms with van der Waals surface area (Å²) in [6.07, 6.45) is 12.0. The van der Waals surface area contributed by atoms with Crippen LogP contribution in [0.15, 0.2) is 0 Å². The van der Waals surface area contributed by atoms with E-state index in [2.05, 4.69) is 13.8 Å². The molecular formula is C22H33Cl3O3. The van der Waals surface area contributed by atoms with Gasteiger partial charge in [-0.25, -0.2) is 4.79 Å². The van der Waals surface area contributed by atoms with Crippen molar-refractivity contribution in [2.24, 2.45) is 34.5 Å². The molecule has 4 aliphatic carbocycles. The Morgan fingerprint density at radius 1 is 1.00 bits per heavy atom. The summed E-state index contributed by atoms with van der Waals surface area (Å²) in [6, 6.07) is 0. The van der Waals surface area contributed by atoms with E-state index in [9.17, 15) is 4.79 Å². The molecule has 0 unspecified atom stereocenters. The molecule has 4 aliphatic rings. The first kappa shape index (κ1) is 21.4. The molecule has 4 saturated carbocycles. The molecule has 0 aromatic carbocycles. The summed E-state index contributed by atoms with van der Waals surface area (Å²) in [5.74, 6) is 3.34. The lowest BCUT2D eigenvalue weighted by Gasteiger charge is -2.60. The number of halogens is 3. The van der Waals surface area contributed by atoms with Gasteiger partial charge in [-0.1, -0.05) is 55.1 Å². The highest BCUT2D eigenvalue weighted by Crippen LogP contribution is 2.66. The van der Waals surface area contributed by atoms with E-state index in [1.54, 1.807) is 0 Å². The lowest BCUT2D eigenvalue weighted by atomic mass is 9.45. The summed E-state index contributed by atoms with van der Waals surface area (Å²) >= 11 is 16.9. The fourth-order valence-corrected chi connectivity index (χ4v) is 7.79. The van der Waals surface area contributed by atoms with Crippen LogP contribution in [0.5, 0.6) is 0 Å². The van der Waals surface area contributed by atoms with E-state index in [0.29, 0.717) is 16.7 Å². The van der Waals surface area contributed by atoms with E-state index in [4.69, 9.17) is 44.3 Å². The molecule has 28 heavy (non-hydrogen) atoms. The third-order valence-electron chi connectivity index (χ3n) is 9.02. The Kier molecular flexibility index (Phi) is 5.86. The summed E-state index contributed by atoms with van der Waals surface area (Å²) < 4.78 is 8.92. The van der Waals surface area contributed by atoms with E-state index in [1.807, 2.05) is 0 Å². The van der Waals surface area contributed by atoms with E-state index in [1.165, 1.54) is 44.9 Å². The number of ether oxygens (including phenoxy) is 2. The first-order valence-electron chi connectivity index (χ1n) is 11.0. The number of alkyl halides is 3. The molecule has 7 atom stereocenters. The average molecular weight is 452 g/mol. The van der Waals surface area contributed by atoms with Gasteiger partial charge >= 0.3 is 6.16 Å². The molecule has 160 valence electrons. The van der Waals surface area contributed by atoms with Gasteiger partial charge in [0.05, 0.1) is 0 Å². The van der Waals surface area contributed by atoms with Crippen LogP contribution >= 0.6 is 34.8 Å².